The van der Waals surface area contributed by atoms with Crippen LogP contribution in [-0.4, -0.2) is 27.4 Å². The third-order valence-corrected chi connectivity index (χ3v) is 4.99. The van der Waals surface area contributed by atoms with Crippen molar-refractivity contribution in [2.24, 2.45) is 0 Å². The molecule has 120 valence electrons. The van der Waals surface area contributed by atoms with E-state index < -0.39 is 0 Å². The van der Waals surface area contributed by atoms with Crippen molar-refractivity contribution in [3.05, 3.63) is 58.2 Å². The predicted molar refractivity (Wildman–Crippen MR) is 94.0 cm³/mol. The summed E-state index contributed by atoms with van der Waals surface area (Å²) in [7, 11) is 0. The summed E-state index contributed by atoms with van der Waals surface area (Å²) in [5, 5.41) is 2.84. The van der Waals surface area contributed by atoms with Crippen LogP contribution in [0.5, 0.6) is 0 Å². The third kappa shape index (κ3) is 2.74. The minimum absolute atomic E-state index is 0.139. The van der Waals surface area contributed by atoms with Crippen LogP contribution in [0.3, 0.4) is 0 Å². The summed E-state index contributed by atoms with van der Waals surface area (Å²) < 4.78 is 0. The molecule has 6 nitrogen and oxygen atoms in total. The van der Waals surface area contributed by atoms with Crippen molar-refractivity contribution >= 4 is 34.7 Å². The highest BCUT2D eigenvalue weighted by molar-refractivity contribution is 7.14. The SMILES string of the molecule is Cc1ccc(NC(=O)c2cc3c(s2)CCN3c2ncccn2)nc1. The standard InChI is InChI=1S/C17H15N5OS/c1-11-3-4-15(20-10-11)21-16(23)14-9-12-13(24-14)5-8-22(12)17-18-6-2-7-19-17/h2-4,6-7,9-10H,5,8H2,1H3,(H,20,21,23). The van der Waals surface area contributed by atoms with Gasteiger partial charge in [0.15, 0.2) is 0 Å². The Labute approximate surface area is 143 Å². The minimum Gasteiger partial charge on any atom is -0.309 e. The van der Waals surface area contributed by atoms with Crippen molar-refractivity contribution in [2.75, 3.05) is 16.8 Å². The van der Waals surface area contributed by atoms with Crippen LogP contribution < -0.4 is 10.2 Å². The fourth-order valence-corrected chi connectivity index (χ4v) is 3.68. The predicted octanol–water partition coefficient (Wildman–Crippen LogP) is 3.19. The smallest absolute Gasteiger partial charge is 0.266 e. The van der Waals surface area contributed by atoms with Gasteiger partial charge in [0.2, 0.25) is 5.95 Å². The first-order valence-corrected chi connectivity index (χ1v) is 8.43. The fourth-order valence-electron chi connectivity index (χ4n) is 2.63. The molecule has 7 heteroatoms. The number of nitrogens with one attached hydrogen (secondary N) is 1. The average Bonchev–Trinajstić information content (AvgIpc) is 3.18. The second-order valence-electron chi connectivity index (χ2n) is 5.54. The summed E-state index contributed by atoms with van der Waals surface area (Å²) in [6, 6.07) is 7.43. The average molecular weight is 337 g/mol. The maximum atomic E-state index is 12.5. The lowest BCUT2D eigenvalue weighted by Gasteiger charge is -2.15. The number of aromatic nitrogens is 3. The van der Waals surface area contributed by atoms with Gasteiger partial charge in [-0.2, -0.15) is 0 Å². The number of fused-ring (bicyclic) bond motifs is 1. The van der Waals surface area contributed by atoms with Crippen LogP contribution in [0.25, 0.3) is 0 Å². The lowest BCUT2D eigenvalue weighted by Crippen LogP contribution is -2.16. The number of amides is 1. The van der Waals surface area contributed by atoms with E-state index in [1.54, 1.807) is 30.7 Å². The maximum absolute atomic E-state index is 12.5. The number of carbonyl (C=O) groups is 1. The van der Waals surface area contributed by atoms with E-state index in [0.717, 1.165) is 24.2 Å². The Kier molecular flexibility index (Phi) is 3.70. The van der Waals surface area contributed by atoms with Gasteiger partial charge in [0.25, 0.3) is 5.91 Å². The van der Waals surface area contributed by atoms with Gasteiger partial charge in [-0.25, -0.2) is 15.0 Å². The number of pyridine rings is 1. The van der Waals surface area contributed by atoms with E-state index in [-0.39, 0.29) is 5.91 Å². The summed E-state index contributed by atoms with van der Waals surface area (Å²) in [5.74, 6) is 1.09. The number of aryl methyl sites for hydroxylation is 1. The molecular weight excluding hydrogens is 322 g/mol. The molecule has 0 bridgehead atoms. The van der Waals surface area contributed by atoms with Crippen molar-refractivity contribution in [3.63, 3.8) is 0 Å². The molecular formula is C17H15N5OS. The number of rotatable bonds is 3. The molecule has 24 heavy (non-hydrogen) atoms. The molecule has 3 aromatic heterocycles. The van der Waals surface area contributed by atoms with E-state index in [2.05, 4.69) is 20.3 Å². The van der Waals surface area contributed by atoms with E-state index in [1.807, 2.05) is 24.0 Å². The molecule has 3 aromatic rings. The van der Waals surface area contributed by atoms with Crippen molar-refractivity contribution in [1.82, 2.24) is 15.0 Å². The fraction of sp³-hybridized carbons (Fsp3) is 0.176. The highest BCUT2D eigenvalue weighted by Crippen LogP contribution is 2.38. The van der Waals surface area contributed by atoms with Crippen molar-refractivity contribution < 1.29 is 4.79 Å². The Morgan fingerprint density at radius 1 is 1.25 bits per heavy atom. The molecule has 4 rings (SSSR count). The Hall–Kier alpha value is -2.80. The van der Waals surface area contributed by atoms with Crippen molar-refractivity contribution in [1.29, 1.82) is 0 Å². The maximum Gasteiger partial charge on any atom is 0.266 e. The molecule has 0 atom stereocenters. The Bertz CT molecular complexity index is 876. The van der Waals surface area contributed by atoms with E-state index in [1.165, 1.54) is 16.2 Å². The van der Waals surface area contributed by atoms with Gasteiger partial charge in [0.05, 0.1) is 10.6 Å². The Morgan fingerprint density at radius 2 is 2.08 bits per heavy atom. The van der Waals surface area contributed by atoms with Gasteiger partial charge in [0.1, 0.15) is 5.82 Å². The van der Waals surface area contributed by atoms with Crippen LogP contribution in [0.15, 0.2) is 42.9 Å². The summed E-state index contributed by atoms with van der Waals surface area (Å²) >= 11 is 1.51. The molecule has 1 aliphatic rings. The van der Waals surface area contributed by atoms with E-state index >= 15 is 0 Å². The number of thiophene rings is 1. The lowest BCUT2D eigenvalue weighted by atomic mass is 10.3. The van der Waals surface area contributed by atoms with Gasteiger partial charge < -0.3 is 10.2 Å². The van der Waals surface area contributed by atoms with Gasteiger partial charge in [-0.3, -0.25) is 4.79 Å². The zero-order valence-corrected chi connectivity index (χ0v) is 13.9. The molecule has 0 fully saturated rings. The molecule has 0 aromatic carbocycles. The summed E-state index contributed by atoms with van der Waals surface area (Å²) in [6.45, 7) is 2.80. The molecule has 0 saturated heterocycles. The quantitative estimate of drug-likeness (QED) is 0.795. The number of nitrogens with zero attached hydrogens (tertiary/aromatic N) is 4. The van der Waals surface area contributed by atoms with E-state index in [0.29, 0.717) is 16.6 Å². The molecule has 0 saturated carbocycles. The van der Waals surface area contributed by atoms with Crippen molar-refractivity contribution in [2.45, 2.75) is 13.3 Å². The van der Waals surface area contributed by atoms with Gasteiger partial charge >= 0.3 is 0 Å². The first kappa shape index (κ1) is 14.8. The van der Waals surface area contributed by atoms with Gasteiger partial charge in [-0.15, -0.1) is 11.3 Å². The molecule has 0 aliphatic carbocycles. The molecule has 0 unspecified atom stereocenters. The molecule has 0 spiro atoms. The van der Waals surface area contributed by atoms with Crippen LogP contribution in [-0.2, 0) is 6.42 Å². The molecule has 1 N–H and O–H groups in total. The lowest BCUT2D eigenvalue weighted by molar-refractivity contribution is 0.103. The zero-order chi connectivity index (χ0) is 16.5. The molecule has 4 heterocycles. The normalized spacial score (nSPS) is 13.0. The van der Waals surface area contributed by atoms with E-state index in [9.17, 15) is 4.79 Å². The topological polar surface area (TPSA) is 71.0 Å². The number of anilines is 3. The van der Waals surface area contributed by atoms with Crippen LogP contribution in [0.2, 0.25) is 0 Å². The summed E-state index contributed by atoms with van der Waals surface area (Å²) in [5.41, 5.74) is 2.08. The van der Waals surface area contributed by atoms with Crippen molar-refractivity contribution in [3.8, 4) is 0 Å². The molecule has 0 radical (unpaired) electrons. The largest absolute Gasteiger partial charge is 0.309 e. The van der Waals surface area contributed by atoms with Gasteiger partial charge in [-0.1, -0.05) is 6.07 Å². The highest BCUT2D eigenvalue weighted by Gasteiger charge is 2.26. The number of hydrogen-bond acceptors (Lipinski definition) is 6. The van der Waals surface area contributed by atoms with Crippen LogP contribution in [0.1, 0.15) is 20.1 Å². The van der Waals surface area contributed by atoms with Gasteiger partial charge in [0, 0.05) is 36.4 Å². The van der Waals surface area contributed by atoms with E-state index in [4.69, 9.17) is 0 Å². The minimum atomic E-state index is -0.139. The first-order valence-electron chi connectivity index (χ1n) is 7.62. The Morgan fingerprint density at radius 3 is 2.83 bits per heavy atom. The Balaban J connectivity index is 1.56. The second kappa shape index (κ2) is 6.01. The van der Waals surface area contributed by atoms with Crippen LogP contribution in [0, 0.1) is 6.92 Å². The molecule has 1 amide bonds. The first-order chi connectivity index (χ1) is 11.7. The second-order valence-corrected chi connectivity index (χ2v) is 6.68. The highest BCUT2D eigenvalue weighted by atomic mass is 32.1. The third-order valence-electron chi connectivity index (χ3n) is 3.81. The summed E-state index contributed by atoms with van der Waals surface area (Å²) in [4.78, 5) is 29.2. The summed E-state index contributed by atoms with van der Waals surface area (Å²) in [6.07, 6.45) is 6.08. The monoisotopic (exact) mass is 337 g/mol. The molecule has 1 aliphatic heterocycles. The number of hydrogen-bond donors (Lipinski definition) is 1. The van der Waals surface area contributed by atoms with Crippen LogP contribution >= 0.6 is 11.3 Å². The van der Waals surface area contributed by atoms with Crippen LogP contribution in [0.4, 0.5) is 17.5 Å². The van der Waals surface area contributed by atoms with Gasteiger partial charge in [-0.05, 0) is 30.7 Å². The zero-order valence-electron chi connectivity index (χ0n) is 13.1. The number of carbonyl (C=O) groups excluding carboxylic acids is 1.